The zero-order chi connectivity index (χ0) is 14.6. The fourth-order valence-corrected chi connectivity index (χ4v) is 1.66. The first-order valence-corrected chi connectivity index (χ1v) is 5.86. The number of Topliss-reactive ketones (excluding diaryl/α,β-unsaturated/α-hetero) is 1. The Morgan fingerprint density at radius 2 is 1.58 bits per heavy atom. The predicted octanol–water partition coefficient (Wildman–Crippen LogP) is 1.87. The van der Waals surface area contributed by atoms with E-state index in [2.05, 4.69) is 5.32 Å². The summed E-state index contributed by atoms with van der Waals surface area (Å²) in [5, 5.41) is 11.4. The average molecular weight is 263 g/mol. The molecule has 0 saturated heterocycles. The summed E-state index contributed by atoms with van der Waals surface area (Å²) in [6.45, 7) is 4.73. The van der Waals surface area contributed by atoms with Crippen LogP contribution in [0.15, 0.2) is 24.3 Å². The first kappa shape index (κ1) is 14.9. The molecule has 1 aromatic rings. The molecular formula is C14H17NO4. The quantitative estimate of drug-likeness (QED) is 0.794. The van der Waals surface area contributed by atoms with Crippen LogP contribution < -0.4 is 5.32 Å². The molecule has 1 aromatic carbocycles. The smallest absolute Gasteiger partial charge is 0.305 e. The van der Waals surface area contributed by atoms with Crippen LogP contribution in [0.3, 0.4) is 0 Å². The number of aliphatic carboxylic acids is 1. The van der Waals surface area contributed by atoms with Crippen LogP contribution in [0.25, 0.3) is 0 Å². The molecule has 0 aromatic heterocycles. The molecule has 0 atom stereocenters. The van der Waals surface area contributed by atoms with Crippen molar-refractivity contribution in [2.45, 2.75) is 32.7 Å². The van der Waals surface area contributed by atoms with Crippen molar-refractivity contribution >= 4 is 17.7 Å². The Morgan fingerprint density at radius 3 is 2.00 bits per heavy atom. The van der Waals surface area contributed by atoms with Crippen molar-refractivity contribution in [2.24, 2.45) is 0 Å². The van der Waals surface area contributed by atoms with Crippen molar-refractivity contribution in [3.63, 3.8) is 0 Å². The van der Waals surface area contributed by atoms with Gasteiger partial charge in [-0.3, -0.25) is 14.4 Å². The third-order valence-electron chi connectivity index (χ3n) is 2.60. The van der Waals surface area contributed by atoms with Gasteiger partial charge in [-0.25, -0.2) is 0 Å². The zero-order valence-electron chi connectivity index (χ0n) is 11.2. The number of ketones is 1. The topological polar surface area (TPSA) is 83.5 Å². The Morgan fingerprint density at radius 1 is 1.11 bits per heavy atom. The van der Waals surface area contributed by atoms with Crippen molar-refractivity contribution in [2.75, 3.05) is 0 Å². The highest BCUT2D eigenvalue weighted by Gasteiger charge is 2.24. The van der Waals surface area contributed by atoms with Crippen LogP contribution in [0.2, 0.25) is 0 Å². The van der Waals surface area contributed by atoms with Gasteiger partial charge in [-0.15, -0.1) is 0 Å². The summed E-state index contributed by atoms with van der Waals surface area (Å²) >= 11 is 0. The number of hydrogen-bond donors (Lipinski definition) is 2. The van der Waals surface area contributed by atoms with Crippen LogP contribution >= 0.6 is 0 Å². The number of carboxylic acids is 1. The number of carbonyl (C=O) groups is 3. The number of rotatable bonds is 5. The maximum atomic E-state index is 11.9. The standard InChI is InChI=1S/C14H17NO4/c1-9(16)10-4-6-11(7-5-10)13(19)15-14(2,3)8-12(17)18/h4-7H,8H2,1-3H3,(H,15,19)(H,17,18). The van der Waals surface area contributed by atoms with E-state index in [9.17, 15) is 14.4 Å². The van der Waals surface area contributed by atoms with Crippen LogP contribution in [0.5, 0.6) is 0 Å². The molecule has 19 heavy (non-hydrogen) atoms. The number of hydrogen-bond acceptors (Lipinski definition) is 3. The number of amides is 1. The molecule has 1 amide bonds. The molecule has 0 bridgehead atoms. The van der Waals surface area contributed by atoms with E-state index in [1.165, 1.54) is 6.92 Å². The number of benzene rings is 1. The lowest BCUT2D eigenvalue weighted by molar-refractivity contribution is -0.138. The van der Waals surface area contributed by atoms with Gasteiger partial charge in [0.25, 0.3) is 5.91 Å². The van der Waals surface area contributed by atoms with Gasteiger partial charge >= 0.3 is 5.97 Å². The summed E-state index contributed by atoms with van der Waals surface area (Å²) < 4.78 is 0. The highest BCUT2D eigenvalue weighted by atomic mass is 16.4. The Hall–Kier alpha value is -2.17. The van der Waals surface area contributed by atoms with Crippen LogP contribution in [-0.4, -0.2) is 28.3 Å². The number of carboxylic acid groups (broad SMARTS) is 1. The molecule has 5 nitrogen and oxygen atoms in total. The lowest BCUT2D eigenvalue weighted by Gasteiger charge is -2.24. The monoisotopic (exact) mass is 263 g/mol. The van der Waals surface area contributed by atoms with Crippen LogP contribution in [-0.2, 0) is 4.79 Å². The fraction of sp³-hybridized carbons (Fsp3) is 0.357. The molecule has 0 unspecified atom stereocenters. The summed E-state index contributed by atoms with van der Waals surface area (Å²) in [5.41, 5.74) is 0.0899. The average Bonchev–Trinajstić information content (AvgIpc) is 2.26. The molecule has 0 radical (unpaired) electrons. The van der Waals surface area contributed by atoms with Crippen molar-refractivity contribution in [3.05, 3.63) is 35.4 Å². The molecule has 0 aliphatic rings. The second kappa shape index (κ2) is 5.65. The first-order chi connectivity index (χ1) is 8.71. The van der Waals surface area contributed by atoms with Crippen molar-refractivity contribution in [1.82, 2.24) is 5.32 Å². The van der Waals surface area contributed by atoms with E-state index < -0.39 is 11.5 Å². The highest BCUT2D eigenvalue weighted by Crippen LogP contribution is 2.11. The normalized spacial score (nSPS) is 10.9. The Labute approximate surface area is 111 Å². The van der Waals surface area contributed by atoms with E-state index in [1.54, 1.807) is 38.1 Å². The summed E-state index contributed by atoms with van der Waals surface area (Å²) in [4.78, 5) is 33.7. The van der Waals surface area contributed by atoms with E-state index >= 15 is 0 Å². The van der Waals surface area contributed by atoms with Gasteiger partial charge in [0.05, 0.1) is 6.42 Å². The van der Waals surface area contributed by atoms with Gasteiger partial charge in [0, 0.05) is 16.7 Å². The maximum absolute atomic E-state index is 11.9. The molecule has 0 spiro atoms. The molecular weight excluding hydrogens is 246 g/mol. The van der Waals surface area contributed by atoms with E-state index in [-0.39, 0.29) is 18.1 Å². The van der Waals surface area contributed by atoms with E-state index in [1.807, 2.05) is 0 Å². The molecule has 0 saturated carbocycles. The van der Waals surface area contributed by atoms with Gasteiger partial charge in [0.1, 0.15) is 0 Å². The van der Waals surface area contributed by atoms with Crippen molar-refractivity contribution in [1.29, 1.82) is 0 Å². The van der Waals surface area contributed by atoms with Gasteiger partial charge in [-0.2, -0.15) is 0 Å². The van der Waals surface area contributed by atoms with Gasteiger partial charge in [0.15, 0.2) is 5.78 Å². The lowest BCUT2D eigenvalue weighted by atomic mass is 10.00. The highest BCUT2D eigenvalue weighted by molar-refractivity contribution is 5.98. The van der Waals surface area contributed by atoms with Crippen LogP contribution in [0, 0.1) is 0 Å². The lowest BCUT2D eigenvalue weighted by Crippen LogP contribution is -2.44. The van der Waals surface area contributed by atoms with Crippen molar-refractivity contribution < 1.29 is 19.5 Å². The van der Waals surface area contributed by atoms with Crippen molar-refractivity contribution in [3.8, 4) is 0 Å². The molecule has 102 valence electrons. The van der Waals surface area contributed by atoms with Crippen LogP contribution in [0.1, 0.15) is 47.9 Å². The fourth-order valence-electron chi connectivity index (χ4n) is 1.66. The first-order valence-electron chi connectivity index (χ1n) is 5.86. The minimum absolute atomic E-state index is 0.0711. The molecule has 1 rings (SSSR count). The predicted molar refractivity (Wildman–Crippen MR) is 70.2 cm³/mol. The van der Waals surface area contributed by atoms with E-state index in [0.29, 0.717) is 11.1 Å². The SMILES string of the molecule is CC(=O)c1ccc(C(=O)NC(C)(C)CC(=O)O)cc1. The molecule has 5 heteroatoms. The minimum atomic E-state index is -0.975. The largest absolute Gasteiger partial charge is 0.481 e. The molecule has 0 heterocycles. The number of nitrogens with one attached hydrogen (secondary N) is 1. The summed E-state index contributed by atoms with van der Waals surface area (Å²) in [7, 11) is 0. The van der Waals surface area contributed by atoms with Gasteiger partial charge in [0.2, 0.25) is 0 Å². The summed E-state index contributed by atoms with van der Waals surface area (Å²) in [6.07, 6.45) is -0.162. The van der Waals surface area contributed by atoms with Crippen LogP contribution in [0.4, 0.5) is 0 Å². The van der Waals surface area contributed by atoms with Gasteiger partial charge < -0.3 is 10.4 Å². The molecule has 0 fully saturated rings. The molecule has 0 aliphatic carbocycles. The van der Waals surface area contributed by atoms with E-state index in [4.69, 9.17) is 5.11 Å². The second-order valence-electron chi connectivity index (χ2n) is 5.04. The Kier molecular flexibility index (Phi) is 4.43. The Balaban J connectivity index is 2.78. The molecule has 2 N–H and O–H groups in total. The molecule has 0 aliphatic heterocycles. The summed E-state index contributed by atoms with van der Waals surface area (Å²) in [6, 6.07) is 6.23. The van der Waals surface area contributed by atoms with E-state index in [0.717, 1.165) is 0 Å². The zero-order valence-corrected chi connectivity index (χ0v) is 11.2. The third kappa shape index (κ3) is 4.54. The number of carbonyl (C=O) groups excluding carboxylic acids is 2. The second-order valence-corrected chi connectivity index (χ2v) is 5.04. The Bertz CT molecular complexity index is 503. The maximum Gasteiger partial charge on any atom is 0.305 e. The van der Waals surface area contributed by atoms with Gasteiger partial charge in [-0.05, 0) is 32.9 Å². The minimum Gasteiger partial charge on any atom is -0.481 e. The summed E-state index contributed by atoms with van der Waals surface area (Å²) in [5.74, 6) is -1.41. The third-order valence-corrected chi connectivity index (χ3v) is 2.60. The van der Waals surface area contributed by atoms with Gasteiger partial charge in [-0.1, -0.05) is 12.1 Å².